The molecule has 4 rings (SSSR count). The third-order valence-corrected chi connectivity index (χ3v) is 5.08. The zero-order valence-corrected chi connectivity index (χ0v) is 20.6. The Morgan fingerprint density at radius 1 is 1.12 bits per heavy atom. The summed E-state index contributed by atoms with van der Waals surface area (Å²) >= 11 is 0. The van der Waals surface area contributed by atoms with Gasteiger partial charge < -0.3 is 10.6 Å². The van der Waals surface area contributed by atoms with Crippen LogP contribution in [0.3, 0.4) is 0 Å². The van der Waals surface area contributed by atoms with Crippen LogP contribution < -0.4 is 16.2 Å². The minimum atomic E-state index is -0.341. The van der Waals surface area contributed by atoms with Crippen molar-refractivity contribution in [2.75, 3.05) is 11.9 Å². The Morgan fingerprint density at radius 3 is 2.56 bits per heavy atom. The number of hydrogen-bond acceptors (Lipinski definition) is 7. The van der Waals surface area contributed by atoms with Gasteiger partial charge in [0.25, 0.3) is 0 Å². The highest BCUT2D eigenvalue weighted by Crippen LogP contribution is 2.15. The van der Waals surface area contributed by atoms with Gasteiger partial charge in [0.1, 0.15) is 5.52 Å². The van der Waals surface area contributed by atoms with E-state index in [0.29, 0.717) is 29.9 Å². The van der Waals surface area contributed by atoms with E-state index < -0.39 is 0 Å². The van der Waals surface area contributed by atoms with Crippen molar-refractivity contribution < 1.29 is 4.79 Å². The van der Waals surface area contributed by atoms with Gasteiger partial charge in [0.05, 0.1) is 11.9 Å². The van der Waals surface area contributed by atoms with Gasteiger partial charge in [0, 0.05) is 25.7 Å². The fourth-order valence-electron chi connectivity index (χ4n) is 3.36. The van der Waals surface area contributed by atoms with E-state index in [2.05, 4.69) is 30.9 Å². The Bertz CT molecular complexity index is 1340. The first-order valence-corrected chi connectivity index (χ1v) is 10.3. The molecule has 34 heavy (non-hydrogen) atoms. The molecular weight excluding hydrogens is 479 g/mol. The Labute approximate surface area is 208 Å². The van der Waals surface area contributed by atoms with Crippen molar-refractivity contribution in [3.63, 3.8) is 0 Å². The first-order valence-electron chi connectivity index (χ1n) is 10.3. The molecule has 0 radical (unpaired) electrons. The average Bonchev–Trinajstić information content (AvgIpc) is 3.16. The van der Waals surface area contributed by atoms with Crippen LogP contribution in [0.4, 0.5) is 5.82 Å². The predicted octanol–water partition coefficient (Wildman–Crippen LogP) is 2.45. The normalized spacial score (nSPS) is 10.3. The lowest BCUT2D eigenvalue weighted by Gasteiger charge is -2.12. The molecule has 3 aromatic heterocycles. The number of carbonyl (C=O) groups is 1. The molecule has 0 fully saturated rings. The van der Waals surface area contributed by atoms with E-state index in [-0.39, 0.29) is 42.1 Å². The number of nitrogens with zero attached hydrogens (tertiary/aromatic N) is 6. The number of rotatable bonds is 7. The third kappa shape index (κ3) is 5.70. The largest absolute Gasteiger partial charge is 0.365 e. The van der Waals surface area contributed by atoms with Crippen LogP contribution in [0.5, 0.6) is 0 Å². The quantitative estimate of drug-likeness (QED) is 0.396. The van der Waals surface area contributed by atoms with Crippen molar-refractivity contribution in [2.24, 2.45) is 0 Å². The maximum absolute atomic E-state index is 13.2. The van der Waals surface area contributed by atoms with Gasteiger partial charge in [0.15, 0.2) is 5.82 Å². The van der Waals surface area contributed by atoms with Crippen LogP contribution >= 0.6 is 24.8 Å². The number of anilines is 1. The topological polar surface area (TPSA) is 120 Å². The van der Waals surface area contributed by atoms with Crippen molar-refractivity contribution in [3.8, 4) is 0 Å². The van der Waals surface area contributed by atoms with Crippen LogP contribution in [-0.4, -0.2) is 42.2 Å². The van der Waals surface area contributed by atoms with Crippen molar-refractivity contribution in [1.29, 1.82) is 0 Å². The highest BCUT2D eigenvalue weighted by molar-refractivity contribution is 5.85. The number of fused-ring (bicyclic) bond motifs is 1. The van der Waals surface area contributed by atoms with Crippen LogP contribution in [0.25, 0.3) is 11.2 Å². The summed E-state index contributed by atoms with van der Waals surface area (Å²) in [6.07, 6.45) is 2.37. The number of pyridine rings is 1. The molecule has 10 nitrogen and oxygen atoms in total. The number of hydrogen-bond donors (Lipinski definition) is 2. The Balaban J connectivity index is 0.00000204. The fourth-order valence-corrected chi connectivity index (χ4v) is 3.36. The minimum Gasteiger partial charge on any atom is -0.365 e. The van der Waals surface area contributed by atoms with Crippen molar-refractivity contribution in [3.05, 3.63) is 75.5 Å². The van der Waals surface area contributed by atoms with Gasteiger partial charge in [-0.15, -0.1) is 34.7 Å². The van der Waals surface area contributed by atoms with Crippen LogP contribution in [0, 0.1) is 13.8 Å². The van der Waals surface area contributed by atoms with Crippen LogP contribution in [0.1, 0.15) is 29.4 Å². The van der Waals surface area contributed by atoms with Gasteiger partial charge in [-0.05, 0) is 42.7 Å². The minimum absolute atomic E-state index is 0. The van der Waals surface area contributed by atoms with Crippen LogP contribution in [-0.2, 0) is 17.8 Å². The van der Waals surface area contributed by atoms with E-state index >= 15 is 0 Å². The summed E-state index contributed by atoms with van der Waals surface area (Å²) in [5.74, 6) is 0.105. The van der Waals surface area contributed by atoms with Gasteiger partial charge >= 0.3 is 5.56 Å². The van der Waals surface area contributed by atoms with E-state index in [1.54, 1.807) is 13.1 Å². The molecule has 1 amide bonds. The third-order valence-electron chi connectivity index (χ3n) is 5.08. The maximum atomic E-state index is 13.2. The summed E-state index contributed by atoms with van der Waals surface area (Å²) in [6, 6.07) is 11.8. The molecule has 4 aromatic rings. The van der Waals surface area contributed by atoms with E-state index in [1.165, 1.54) is 22.0 Å². The highest BCUT2D eigenvalue weighted by atomic mass is 35.5. The highest BCUT2D eigenvalue weighted by Gasteiger charge is 2.16. The first kappa shape index (κ1) is 26.7. The monoisotopic (exact) mass is 504 g/mol. The number of benzene rings is 1. The molecule has 0 atom stereocenters. The molecule has 1 aromatic carbocycles. The van der Waals surface area contributed by atoms with Gasteiger partial charge in [-0.3, -0.25) is 9.59 Å². The second kappa shape index (κ2) is 11.6. The maximum Gasteiger partial charge on any atom is 0.313 e. The Hall–Kier alpha value is -3.50. The van der Waals surface area contributed by atoms with Crippen LogP contribution in [0.15, 0.2) is 47.4 Å². The number of halogens is 2. The van der Waals surface area contributed by atoms with Crippen molar-refractivity contribution in [1.82, 2.24) is 35.1 Å². The summed E-state index contributed by atoms with van der Waals surface area (Å²) in [5.41, 5.74) is 3.95. The molecule has 0 aliphatic carbocycles. The van der Waals surface area contributed by atoms with E-state index in [1.807, 2.05) is 43.3 Å². The van der Waals surface area contributed by atoms with E-state index in [0.717, 1.165) is 17.7 Å². The molecule has 2 N–H and O–H groups in total. The molecule has 0 aliphatic heterocycles. The molecule has 0 spiro atoms. The van der Waals surface area contributed by atoms with Gasteiger partial charge in [-0.1, -0.05) is 30.3 Å². The standard InChI is InChI=1S/C22H24N8O2.2ClH/c1-14-12-25-20(23-10-9-17-7-5-4-6-8-17)22(32)29(14)30-21-19(27-28-30)11-18(15(2)26-21)13-24-16(3)31;;/h4-8,11-12H,9-10,13H2,1-3H3,(H,23,25)(H,24,31);2*1H. The summed E-state index contributed by atoms with van der Waals surface area (Å²) in [4.78, 5) is 34.6. The lowest BCUT2D eigenvalue weighted by Crippen LogP contribution is -2.32. The zero-order chi connectivity index (χ0) is 22.7. The SMILES string of the molecule is CC(=O)NCc1cc2nnn(-n3c(C)cnc(NCCc4ccccc4)c3=O)c2nc1C.Cl.Cl. The molecule has 0 bridgehead atoms. The molecule has 3 heterocycles. The Kier molecular flexibility index (Phi) is 9.11. The van der Waals surface area contributed by atoms with Gasteiger partial charge in [-0.2, -0.15) is 4.68 Å². The molecule has 0 unspecified atom stereocenters. The van der Waals surface area contributed by atoms with Gasteiger partial charge in [-0.25, -0.2) is 9.97 Å². The second-order valence-corrected chi connectivity index (χ2v) is 7.49. The summed E-state index contributed by atoms with van der Waals surface area (Å²) in [5, 5.41) is 14.2. The Morgan fingerprint density at radius 2 is 1.85 bits per heavy atom. The number of aryl methyl sites for hydroxylation is 2. The lowest BCUT2D eigenvalue weighted by molar-refractivity contribution is -0.119. The van der Waals surface area contributed by atoms with Crippen LogP contribution in [0.2, 0.25) is 0 Å². The molecule has 0 saturated carbocycles. The number of amides is 1. The first-order chi connectivity index (χ1) is 15.4. The predicted molar refractivity (Wildman–Crippen MR) is 135 cm³/mol. The zero-order valence-electron chi connectivity index (χ0n) is 19.0. The van der Waals surface area contributed by atoms with Crippen molar-refractivity contribution >= 4 is 47.7 Å². The van der Waals surface area contributed by atoms with Crippen molar-refractivity contribution in [2.45, 2.75) is 33.7 Å². The summed E-state index contributed by atoms with van der Waals surface area (Å²) in [6.45, 7) is 5.99. The number of carbonyl (C=O) groups excluding carboxylic acids is 1. The summed E-state index contributed by atoms with van der Waals surface area (Å²) < 4.78 is 1.40. The van der Waals surface area contributed by atoms with E-state index in [9.17, 15) is 9.59 Å². The number of aromatic nitrogens is 6. The molecule has 0 aliphatic rings. The molecular formula is C22H26Cl2N8O2. The van der Waals surface area contributed by atoms with E-state index in [4.69, 9.17) is 0 Å². The summed E-state index contributed by atoms with van der Waals surface area (Å²) in [7, 11) is 0. The average molecular weight is 505 g/mol. The number of nitrogens with one attached hydrogen (secondary N) is 2. The van der Waals surface area contributed by atoms with Gasteiger partial charge in [0.2, 0.25) is 11.6 Å². The smallest absolute Gasteiger partial charge is 0.313 e. The molecule has 0 saturated heterocycles. The fraction of sp³-hybridized carbons (Fsp3) is 0.273. The lowest BCUT2D eigenvalue weighted by atomic mass is 10.1. The molecule has 180 valence electrons. The molecule has 12 heteroatoms. The second-order valence-electron chi connectivity index (χ2n) is 7.49.